The van der Waals surface area contributed by atoms with Gasteiger partial charge in [-0.25, -0.2) is 15.0 Å². The third-order valence-electron chi connectivity index (χ3n) is 5.41. The molecule has 0 radical (unpaired) electrons. The Morgan fingerprint density at radius 1 is 1.23 bits per heavy atom. The van der Waals surface area contributed by atoms with Crippen molar-refractivity contribution in [2.75, 3.05) is 18.4 Å². The maximum atomic E-state index is 12.6. The molecule has 1 fully saturated rings. The molecule has 0 bridgehead atoms. The van der Waals surface area contributed by atoms with E-state index in [9.17, 15) is 4.79 Å². The average Bonchev–Trinajstić information content (AvgIpc) is 2.80. The molecule has 0 aliphatic carbocycles. The fourth-order valence-corrected chi connectivity index (χ4v) is 3.79. The molecule has 4 heterocycles. The molecule has 0 aromatic carbocycles. The highest BCUT2D eigenvalue weighted by Gasteiger charge is 2.23. The summed E-state index contributed by atoms with van der Waals surface area (Å²) in [6, 6.07) is 9.68. The van der Waals surface area contributed by atoms with Crippen LogP contribution in [-0.2, 0) is 11.2 Å². The van der Waals surface area contributed by atoms with Crippen molar-refractivity contribution in [2.24, 2.45) is 5.92 Å². The summed E-state index contributed by atoms with van der Waals surface area (Å²) in [5.41, 5.74) is 2.95. The summed E-state index contributed by atoms with van der Waals surface area (Å²) < 4.78 is 0. The lowest BCUT2D eigenvalue weighted by atomic mass is 9.93. The number of nitrogens with zero attached hydrogens (tertiary/aromatic N) is 5. The average molecular weight is 415 g/mol. The highest BCUT2D eigenvalue weighted by Crippen LogP contribution is 2.22. The van der Waals surface area contributed by atoms with Gasteiger partial charge >= 0.3 is 0 Å². The highest BCUT2D eigenvalue weighted by atomic mass is 16.2. The number of hydrogen-bond donors (Lipinski definition) is 1. The summed E-state index contributed by atoms with van der Waals surface area (Å²) >= 11 is 0. The quantitative estimate of drug-likeness (QED) is 0.618. The first-order valence-corrected chi connectivity index (χ1v) is 10.5. The minimum absolute atomic E-state index is 0.0456. The number of carbonyl (C=O) groups is 1. The van der Waals surface area contributed by atoms with E-state index in [2.05, 4.69) is 25.3 Å². The largest absolute Gasteiger partial charge is 0.339 e. The van der Waals surface area contributed by atoms with Crippen LogP contribution >= 0.6 is 0 Å². The molecule has 0 spiro atoms. The van der Waals surface area contributed by atoms with E-state index in [1.807, 2.05) is 48.2 Å². The molecule has 1 aliphatic rings. The van der Waals surface area contributed by atoms with Gasteiger partial charge in [-0.3, -0.25) is 9.78 Å². The minimum Gasteiger partial charge on any atom is -0.339 e. The maximum Gasteiger partial charge on any atom is 0.246 e. The zero-order valence-electron chi connectivity index (χ0n) is 17.6. The van der Waals surface area contributed by atoms with Crippen molar-refractivity contribution in [3.8, 4) is 0 Å². The van der Waals surface area contributed by atoms with E-state index in [-0.39, 0.29) is 5.91 Å². The predicted molar refractivity (Wildman–Crippen MR) is 121 cm³/mol. The predicted octanol–water partition coefficient (Wildman–Crippen LogP) is 3.81. The lowest BCUT2D eigenvalue weighted by Crippen LogP contribution is -2.39. The highest BCUT2D eigenvalue weighted by molar-refractivity contribution is 5.91. The number of piperidine rings is 1. The second kappa shape index (κ2) is 9.93. The Morgan fingerprint density at radius 3 is 2.97 bits per heavy atom. The second-order valence-corrected chi connectivity index (χ2v) is 7.80. The Morgan fingerprint density at radius 2 is 2.13 bits per heavy atom. The lowest BCUT2D eigenvalue weighted by molar-refractivity contribution is -0.127. The van der Waals surface area contributed by atoms with Crippen LogP contribution in [0.1, 0.15) is 29.7 Å². The molecule has 1 saturated heterocycles. The van der Waals surface area contributed by atoms with Crippen molar-refractivity contribution in [3.63, 3.8) is 0 Å². The molecule has 0 saturated carbocycles. The third kappa shape index (κ3) is 5.72. The summed E-state index contributed by atoms with van der Waals surface area (Å²) in [7, 11) is 0. The fourth-order valence-electron chi connectivity index (χ4n) is 3.79. The summed E-state index contributed by atoms with van der Waals surface area (Å²) in [5.74, 6) is 1.95. The fraction of sp³-hybridized carbons (Fsp3) is 0.292. The normalized spacial score (nSPS) is 16.4. The van der Waals surface area contributed by atoms with Crippen molar-refractivity contribution in [3.05, 3.63) is 78.1 Å². The van der Waals surface area contributed by atoms with E-state index in [4.69, 9.17) is 0 Å². The first kappa shape index (κ1) is 20.7. The monoisotopic (exact) mass is 414 g/mol. The van der Waals surface area contributed by atoms with Gasteiger partial charge < -0.3 is 10.2 Å². The summed E-state index contributed by atoms with van der Waals surface area (Å²) in [4.78, 5) is 31.8. The van der Waals surface area contributed by atoms with Crippen molar-refractivity contribution in [1.29, 1.82) is 0 Å². The minimum atomic E-state index is 0.0456. The van der Waals surface area contributed by atoms with Gasteiger partial charge in [-0.05, 0) is 61.4 Å². The number of pyridine rings is 2. The van der Waals surface area contributed by atoms with Crippen LogP contribution < -0.4 is 5.32 Å². The van der Waals surface area contributed by atoms with Crippen LogP contribution in [0.2, 0.25) is 0 Å². The molecule has 1 amide bonds. The molecule has 1 aliphatic heterocycles. The van der Waals surface area contributed by atoms with Crippen LogP contribution in [0.15, 0.2) is 61.3 Å². The number of amides is 1. The number of nitrogens with one attached hydrogen (secondary N) is 1. The number of aryl methyl sites for hydroxylation is 1. The molecule has 31 heavy (non-hydrogen) atoms. The van der Waals surface area contributed by atoms with Crippen molar-refractivity contribution in [1.82, 2.24) is 24.8 Å². The van der Waals surface area contributed by atoms with Crippen LogP contribution in [-0.4, -0.2) is 43.8 Å². The van der Waals surface area contributed by atoms with Gasteiger partial charge in [0, 0.05) is 49.5 Å². The summed E-state index contributed by atoms with van der Waals surface area (Å²) in [6.07, 6.45) is 13.2. The SMILES string of the molecule is Cc1cccnc1Nc1cc(C[C@H]2CCCN(C(=O)/C=C/c3cccnc3)C2)ncn1. The summed E-state index contributed by atoms with van der Waals surface area (Å²) in [5, 5.41) is 3.27. The molecule has 1 N–H and O–H groups in total. The first-order valence-electron chi connectivity index (χ1n) is 10.5. The van der Waals surface area contributed by atoms with E-state index in [1.54, 1.807) is 31.0 Å². The van der Waals surface area contributed by atoms with Gasteiger partial charge in [-0.15, -0.1) is 0 Å². The Balaban J connectivity index is 1.36. The van der Waals surface area contributed by atoms with Gasteiger partial charge in [0.15, 0.2) is 0 Å². The topological polar surface area (TPSA) is 83.9 Å². The number of anilines is 2. The van der Waals surface area contributed by atoms with Gasteiger partial charge in [0.05, 0.1) is 0 Å². The van der Waals surface area contributed by atoms with Gasteiger partial charge in [0.25, 0.3) is 0 Å². The van der Waals surface area contributed by atoms with Crippen LogP contribution in [0.5, 0.6) is 0 Å². The van der Waals surface area contributed by atoms with E-state index in [1.165, 1.54) is 0 Å². The van der Waals surface area contributed by atoms with Crippen molar-refractivity contribution >= 4 is 23.6 Å². The zero-order valence-corrected chi connectivity index (χ0v) is 17.6. The number of hydrogen-bond acceptors (Lipinski definition) is 6. The van der Waals surface area contributed by atoms with Gasteiger partial charge in [-0.2, -0.15) is 0 Å². The Hall–Kier alpha value is -3.61. The molecule has 3 aromatic rings. The van der Waals surface area contributed by atoms with E-state index >= 15 is 0 Å². The number of rotatable bonds is 6. The van der Waals surface area contributed by atoms with Gasteiger partial charge in [-0.1, -0.05) is 12.1 Å². The molecule has 7 nitrogen and oxygen atoms in total. The van der Waals surface area contributed by atoms with Crippen LogP contribution in [0.4, 0.5) is 11.6 Å². The molecular weight excluding hydrogens is 388 g/mol. The molecule has 4 rings (SSSR count). The lowest BCUT2D eigenvalue weighted by Gasteiger charge is -2.32. The van der Waals surface area contributed by atoms with Crippen molar-refractivity contribution < 1.29 is 4.79 Å². The maximum absolute atomic E-state index is 12.6. The van der Waals surface area contributed by atoms with Gasteiger partial charge in [0.1, 0.15) is 18.0 Å². The van der Waals surface area contributed by atoms with E-state index in [0.717, 1.165) is 60.8 Å². The first-order chi connectivity index (χ1) is 15.2. The number of carbonyl (C=O) groups excluding carboxylic acids is 1. The standard InChI is InChI=1S/C24H26N6O/c1-18-5-2-11-26-24(18)29-22-14-21(27-17-28-22)13-20-7-4-12-30(16-20)23(31)9-8-19-6-3-10-25-15-19/h2-3,5-6,8-11,14-15,17,20H,4,7,12-13,16H2,1H3,(H,26,27,28,29)/b9-8+/t20-/m1/s1. The molecule has 0 unspecified atom stereocenters. The number of aromatic nitrogens is 4. The van der Waals surface area contributed by atoms with Crippen LogP contribution in [0, 0.1) is 12.8 Å². The zero-order chi connectivity index (χ0) is 21.5. The third-order valence-corrected chi connectivity index (χ3v) is 5.41. The Labute approximate surface area is 182 Å². The summed E-state index contributed by atoms with van der Waals surface area (Å²) in [6.45, 7) is 3.54. The Bertz CT molecular complexity index is 1050. The second-order valence-electron chi connectivity index (χ2n) is 7.80. The van der Waals surface area contributed by atoms with E-state index in [0.29, 0.717) is 5.92 Å². The molecular formula is C24H26N6O. The van der Waals surface area contributed by atoms with Crippen LogP contribution in [0.25, 0.3) is 6.08 Å². The van der Waals surface area contributed by atoms with Crippen molar-refractivity contribution in [2.45, 2.75) is 26.2 Å². The molecule has 3 aromatic heterocycles. The Kier molecular flexibility index (Phi) is 6.62. The van der Waals surface area contributed by atoms with Crippen LogP contribution in [0.3, 0.4) is 0 Å². The smallest absolute Gasteiger partial charge is 0.246 e. The molecule has 1 atom stereocenters. The van der Waals surface area contributed by atoms with E-state index < -0.39 is 0 Å². The number of likely N-dealkylation sites (tertiary alicyclic amines) is 1. The molecule has 158 valence electrons. The molecule has 7 heteroatoms. The van der Waals surface area contributed by atoms with Gasteiger partial charge in [0.2, 0.25) is 5.91 Å².